The third-order valence-electron chi connectivity index (χ3n) is 5.85. The first-order chi connectivity index (χ1) is 15.8. The number of methoxy groups -OCH3 is 1. The van der Waals surface area contributed by atoms with Gasteiger partial charge in [-0.2, -0.15) is 0 Å². The molecule has 1 amide bonds. The van der Waals surface area contributed by atoms with E-state index in [0.29, 0.717) is 22.0 Å². The number of benzene rings is 2. The van der Waals surface area contributed by atoms with Crippen molar-refractivity contribution in [3.05, 3.63) is 70.6 Å². The van der Waals surface area contributed by atoms with E-state index in [1.54, 1.807) is 0 Å². The van der Waals surface area contributed by atoms with Crippen LogP contribution in [0.3, 0.4) is 0 Å². The molecule has 0 fully saturated rings. The smallest absolute Gasteiger partial charge is 0.270 e. The van der Waals surface area contributed by atoms with E-state index in [1.165, 1.54) is 25.1 Å². The Morgan fingerprint density at radius 3 is 2.45 bits per heavy atom. The molecular formula is C23H17F4N3O3. The molecule has 0 radical (unpaired) electrons. The molecule has 6 nitrogen and oxygen atoms in total. The van der Waals surface area contributed by atoms with Crippen LogP contribution in [0.2, 0.25) is 0 Å². The van der Waals surface area contributed by atoms with Gasteiger partial charge in [-0.3, -0.25) is 4.79 Å². The molecular weight excluding hydrogens is 442 g/mol. The monoisotopic (exact) mass is 459 g/mol. The van der Waals surface area contributed by atoms with Gasteiger partial charge in [0.25, 0.3) is 5.91 Å². The minimum absolute atomic E-state index is 0.0842. The van der Waals surface area contributed by atoms with E-state index in [9.17, 15) is 22.4 Å². The van der Waals surface area contributed by atoms with Crippen molar-refractivity contribution in [2.75, 3.05) is 20.8 Å². The molecule has 170 valence electrons. The van der Waals surface area contributed by atoms with Crippen LogP contribution in [-0.4, -0.2) is 41.5 Å². The summed E-state index contributed by atoms with van der Waals surface area (Å²) in [5.41, 5.74) is 1.31. The molecule has 1 aliphatic rings. The molecule has 2 aromatic heterocycles. The van der Waals surface area contributed by atoms with Crippen LogP contribution in [0.15, 0.2) is 30.3 Å². The van der Waals surface area contributed by atoms with E-state index in [4.69, 9.17) is 9.47 Å². The molecule has 1 N–H and O–H groups in total. The predicted molar refractivity (Wildman–Crippen MR) is 111 cm³/mol. The van der Waals surface area contributed by atoms with Crippen LogP contribution in [0, 0.1) is 23.3 Å². The molecule has 5 rings (SSSR count). The van der Waals surface area contributed by atoms with Crippen molar-refractivity contribution < 1.29 is 31.8 Å². The van der Waals surface area contributed by atoms with Crippen molar-refractivity contribution >= 4 is 27.6 Å². The number of aromatic amines is 1. The molecule has 0 bridgehead atoms. The number of nitrogens with zero attached hydrogens (tertiary/aromatic N) is 2. The summed E-state index contributed by atoms with van der Waals surface area (Å²) in [6, 6.07) is 4.76. The molecule has 10 heteroatoms. The maximum atomic E-state index is 14.2. The highest BCUT2D eigenvalue weighted by atomic mass is 19.2. The number of fused-ring (bicyclic) bond motifs is 4. The zero-order valence-electron chi connectivity index (χ0n) is 17.5. The van der Waals surface area contributed by atoms with E-state index in [2.05, 4.69) is 9.97 Å². The second kappa shape index (κ2) is 7.73. The average Bonchev–Trinajstić information content (AvgIpc) is 3.20. The number of carbonyl (C=O) groups is 1. The summed E-state index contributed by atoms with van der Waals surface area (Å²) in [4.78, 5) is 21.8. The van der Waals surface area contributed by atoms with E-state index < -0.39 is 35.2 Å². The van der Waals surface area contributed by atoms with E-state index in [-0.39, 0.29) is 35.7 Å². The molecule has 0 aliphatic carbocycles. The van der Waals surface area contributed by atoms with Crippen molar-refractivity contribution in [3.8, 4) is 5.88 Å². The van der Waals surface area contributed by atoms with Crippen LogP contribution in [0.25, 0.3) is 21.7 Å². The van der Waals surface area contributed by atoms with Crippen LogP contribution in [0.5, 0.6) is 5.88 Å². The number of likely N-dealkylation sites (N-methyl/N-ethyl adjacent to an activating group) is 1. The molecule has 4 aromatic rings. The fourth-order valence-electron chi connectivity index (χ4n) is 4.21. The van der Waals surface area contributed by atoms with Crippen molar-refractivity contribution in [3.63, 3.8) is 0 Å². The number of amides is 1. The predicted octanol–water partition coefficient (Wildman–Crippen LogP) is 4.62. The van der Waals surface area contributed by atoms with Gasteiger partial charge in [-0.15, -0.1) is 0 Å². The number of hydrogen-bond acceptors (Lipinski definition) is 4. The van der Waals surface area contributed by atoms with Gasteiger partial charge in [-0.25, -0.2) is 22.5 Å². The third-order valence-corrected chi connectivity index (χ3v) is 5.85. The zero-order chi connectivity index (χ0) is 23.4. The Bertz CT molecular complexity index is 1400. The standard InChI is InChI=1S/C23H17F4N3O3/c1-30(23(31)18-4-10-3-13(24)16(27)7-17(10)28-18)20-9-33-8-19-21(20)11-5-14(25)15(26)6-12(11)22(29-19)32-2/h3-7,20,28H,8-9H2,1-2H3/t20-/m1/s1. The quantitative estimate of drug-likeness (QED) is 0.454. The average molecular weight is 459 g/mol. The number of rotatable bonds is 3. The van der Waals surface area contributed by atoms with Crippen LogP contribution < -0.4 is 4.74 Å². The highest BCUT2D eigenvalue weighted by molar-refractivity contribution is 5.99. The number of pyridine rings is 1. The summed E-state index contributed by atoms with van der Waals surface area (Å²) in [6.07, 6.45) is 0. The summed E-state index contributed by atoms with van der Waals surface area (Å²) < 4.78 is 66.1. The van der Waals surface area contributed by atoms with Crippen LogP contribution in [-0.2, 0) is 11.3 Å². The first-order valence-electron chi connectivity index (χ1n) is 9.96. The Morgan fingerprint density at radius 1 is 1.06 bits per heavy atom. The van der Waals surface area contributed by atoms with Gasteiger partial charge in [0.1, 0.15) is 5.69 Å². The van der Waals surface area contributed by atoms with Gasteiger partial charge in [0.15, 0.2) is 23.3 Å². The van der Waals surface area contributed by atoms with Gasteiger partial charge in [0.05, 0.1) is 32.1 Å². The highest BCUT2D eigenvalue weighted by Crippen LogP contribution is 2.39. The molecule has 0 saturated heterocycles. The minimum atomic E-state index is -1.05. The van der Waals surface area contributed by atoms with E-state index in [1.807, 2.05) is 0 Å². The molecule has 0 spiro atoms. The third kappa shape index (κ3) is 3.37. The number of halogens is 4. The summed E-state index contributed by atoms with van der Waals surface area (Å²) in [7, 11) is 2.89. The summed E-state index contributed by atoms with van der Waals surface area (Å²) in [6.45, 7) is 0.185. The fourth-order valence-corrected chi connectivity index (χ4v) is 4.21. The van der Waals surface area contributed by atoms with Crippen molar-refractivity contribution in [1.29, 1.82) is 0 Å². The van der Waals surface area contributed by atoms with Crippen LogP contribution in [0.4, 0.5) is 17.6 Å². The SMILES string of the molecule is COc1nc2c(c3cc(F)c(F)cc13)[C@H](N(C)C(=O)c1cc3cc(F)c(F)cc3[nH]1)COC2. The molecule has 1 atom stereocenters. The lowest BCUT2D eigenvalue weighted by Gasteiger charge is -2.33. The molecule has 2 aromatic carbocycles. The molecule has 0 unspecified atom stereocenters. The van der Waals surface area contributed by atoms with E-state index >= 15 is 0 Å². The van der Waals surface area contributed by atoms with Crippen molar-refractivity contribution in [2.24, 2.45) is 0 Å². The van der Waals surface area contributed by atoms with Gasteiger partial charge < -0.3 is 19.4 Å². The zero-order valence-corrected chi connectivity index (χ0v) is 17.5. The van der Waals surface area contributed by atoms with Gasteiger partial charge in [0.2, 0.25) is 5.88 Å². The largest absolute Gasteiger partial charge is 0.481 e. The number of aromatic nitrogens is 2. The topological polar surface area (TPSA) is 67.5 Å². The first-order valence-corrected chi connectivity index (χ1v) is 9.96. The second-order valence-electron chi connectivity index (χ2n) is 7.78. The van der Waals surface area contributed by atoms with Crippen molar-refractivity contribution in [1.82, 2.24) is 14.9 Å². The lowest BCUT2D eigenvalue weighted by Crippen LogP contribution is -2.37. The minimum Gasteiger partial charge on any atom is -0.481 e. The summed E-state index contributed by atoms with van der Waals surface area (Å²) in [5, 5.41) is 0.948. The van der Waals surface area contributed by atoms with Crippen LogP contribution in [0.1, 0.15) is 27.8 Å². The number of hydrogen-bond donors (Lipinski definition) is 1. The Hall–Kier alpha value is -3.66. The normalized spacial score (nSPS) is 15.6. The van der Waals surface area contributed by atoms with E-state index in [0.717, 1.165) is 24.3 Å². The number of H-pyrrole nitrogens is 1. The van der Waals surface area contributed by atoms with Crippen LogP contribution >= 0.6 is 0 Å². The number of carbonyl (C=O) groups excluding carboxylic acids is 1. The van der Waals surface area contributed by atoms with Crippen molar-refractivity contribution in [2.45, 2.75) is 12.6 Å². The summed E-state index contributed by atoms with van der Waals surface area (Å²) >= 11 is 0. The highest BCUT2D eigenvalue weighted by Gasteiger charge is 2.33. The number of ether oxygens (including phenoxy) is 2. The summed E-state index contributed by atoms with van der Waals surface area (Å²) in [5.74, 6) is -4.53. The first kappa shape index (κ1) is 21.2. The number of nitrogens with one attached hydrogen (secondary N) is 1. The maximum absolute atomic E-state index is 14.2. The molecule has 0 saturated carbocycles. The second-order valence-corrected chi connectivity index (χ2v) is 7.78. The van der Waals surface area contributed by atoms with Gasteiger partial charge in [-0.05, 0) is 29.7 Å². The Labute approximate surface area is 184 Å². The lowest BCUT2D eigenvalue weighted by atomic mass is 9.95. The maximum Gasteiger partial charge on any atom is 0.270 e. The lowest BCUT2D eigenvalue weighted by molar-refractivity contribution is 0.0332. The van der Waals surface area contributed by atoms with Gasteiger partial charge >= 0.3 is 0 Å². The molecule has 3 heterocycles. The Kier molecular flexibility index (Phi) is 4.97. The Balaban J connectivity index is 1.61. The molecule has 33 heavy (non-hydrogen) atoms. The van der Waals surface area contributed by atoms with Gasteiger partial charge in [-0.1, -0.05) is 0 Å². The fraction of sp³-hybridized carbons (Fsp3) is 0.217. The van der Waals surface area contributed by atoms with Gasteiger partial charge in [0, 0.05) is 35.0 Å². The molecule has 1 aliphatic heterocycles. The Morgan fingerprint density at radius 2 is 1.73 bits per heavy atom.